The van der Waals surface area contributed by atoms with Gasteiger partial charge in [-0.1, -0.05) is 0 Å². The zero-order valence-corrected chi connectivity index (χ0v) is 27.8. The summed E-state index contributed by atoms with van der Waals surface area (Å²) in [6, 6.07) is 8.36. The monoisotopic (exact) mass is 648 g/mol. The number of nitrogens with zero attached hydrogens (tertiary/aromatic N) is 6. The van der Waals surface area contributed by atoms with E-state index in [0.717, 1.165) is 68.6 Å². The molecule has 0 unspecified atom stereocenters. The summed E-state index contributed by atoms with van der Waals surface area (Å²) in [5.41, 5.74) is 7.56. The quantitative estimate of drug-likeness (QED) is 0.272. The minimum absolute atomic E-state index is 0.138. The highest BCUT2D eigenvalue weighted by atomic mass is 32.2. The normalized spacial score (nSPS) is 21.0. The molecule has 12 heteroatoms. The van der Waals surface area contributed by atoms with Crippen molar-refractivity contribution in [2.24, 2.45) is 9.98 Å². The Hall–Kier alpha value is -2.80. The first-order chi connectivity index (χ1) is 20.7. The Bertz CT molecular complexity index is 1840. The number of hydrogen-bond donors (Lipinski definition) is 0. The highest BCUT2D eigenvalue weighted by Gasteiger charge is 2.27. The van der Waals surface area contributed by atoms with Crippen molar-refractivity contribution in [3.63, 3.8) is 0 Å². The van der Waals surface area contributed by atoms with Crippen molar-refractivity contribution in [3.8, 4) is 0 Å². The Kier molecular flexibility index (Phi) is 7.81. The number of likely N-dealkylation sites (N-methyl/N-ethyl adjacent to an activating group) is 1. The zero-order chi connectivity index (χ0) is 29.8. The van der Waals surface area contributed by atoms with Gasteiger partial charge in [-0.3, -0.25) is 19.6 Å². The lowest BCUT2D eigenvalue weighted by molar-refractivity contribution is -0.118. The van der Waals surface area contributed by atoms with Crippen molar-refractivity contribution in [3.05, 3.63) is 45.4 Å². The van der Waals surface area contributed by atoms with Crippen LogP contribution >= 0.6 is 46.2 Å². The molecule has 4 aliphatic rings. The number of anilines is 2. The molecule has 0 saturated carbocycles. The van der Waals surface area contributed by atoms with E-state index in [1.54, 1.807) is 60.0 Å². The van der Waals surface area contributed by atoms with E-state index in [0.29, 0.717) is 0 Å². The number of aliphatic imine (C=N–C) groups is 2. The number of Topliss-reactive ketones (excluding diaryl/α,β-unsaturated/α-hetero) is 2. The van der Waals surface area contributed by atoms with Crippen molar-refractivity contribution in [2.75, 3.05) is 48.5 Å². The molecule has 2 aromatic heterocycles. The Labute approximate surface area is 267 Å². The lowest BCUT2D eigenvalue weighted by Gasteiger charge is -2.27. The second-order valence-electron chi connectivity index (χ2n) is 11.3. The molecule has 0 saturated heterocycles. The third-order valence-corrected chi connectivity index (χ3v) is 12.8. The van der Waals surface area contributed by atoms with Crippen molar-refractivity contribution in [1.29, 1.82) is 0 Å². The van der Waals surface area contributed by atoms with Gasteiger partial charge < -0.3 is 9.80 Å². The number of rotatable bonds is 4. The molecule has 6 heterocycles. The summed E-state index contributed by atoms with van der Waals surface area (Å²) >= 11 is 6.69. The van der Waals surface area contributed by atoms with Gasteiger partial charge >= 0.3 is 0 Å². The summed E-state index contributed by atoms with van der Waals surface area (Å²) in [4.78, 5) is 46.1. The average molecular weight is 649 g/mol. The molecule has 0 bridgehead atoms. The van der Waals surface area contributed by atoms with Gasteiger partial charge in [-0.2, -0.15) is 0 Å². The van der Waals surface area contributed by atoms with Gasteiger partial charge in [-0.25, -0.2) is 9.97 Å². The van der Waals surface area contributed by atoms with Crippen LogP contribution in [0.25, 0.3) is 20.4 Å². The number of fused-ring (bicyclic) bond motifs is 5. The predicted molar refractivity (Wildman–Crippen MR) is 185 cm³/mol. The summed E-state index contributed by atoms with van der Waals surface area (Å²) in [5.74, 6) is 1.78. The Morgan fingerprint density at radius 3 is 2.12 bits per heavy atom. The van der Waals surface area contributed by atoms with E-state index in [-0.39, 0.29) is 23.7 Å². The van der Waals surface area contributed by atoms with Crippen LogP contribution in [0.15, 0.2) is 34.3 Å². The van der Waals surface area contributed by atoms with Gasteiger partial charge in [0.15, 0.2) is 11.6 Å². The highest BCUT2D eigenvalue weighted by Crippen LogP contribution is 2.38. The number of thioether (sulfide) groups is 2. The minimum Gasteiger partial charge on any atom is -0.374 e. The van der Waals surface area contributed by atoms with E-state index in [1.165, 1.54) is 38.3 Å². The van der Waals surface area contributed by atoms with Gasteiger partial charge in [0.25, 0.3) is 0 Å². The lowest BCUT2D eigenvalue weighted by Crippen LogP contribution is -2.24. The molecule has 0 fully saturated rings. The van der Waals surface area contributed by atoms with E-state index in [2.05, 4.69) is 58.1 Å². The van der Waals surface area contributed by atoms with Crippen LogP contribution in [0.2, 0.25) is 0 Å². The molecule has 43 heavy (non-hydrogen) atoms. The van der Waals surface area contributed by atoms with E-state index >= 15 is 0 Å². The molecule has 222 valence electrons. The van der Waals surface area contributed by atoms with Crippen LogP contribution in [0, 0.1) is 0 Å². The summed E-state index contributed by atoms with van der Waals surface area (Å²) in [7, 11) is 4.29. The van der Waals surface area contributed by atoms with Crippen LogP contribution in [-0.2, 0) is 22.4 Å². The van der Waals surface area contributed by atoms with Gasteiger partial charge in [0.2, 0.25) is 0 Å². The summed E-state index contributed by atoms with van der Waals surface area (Å²) in [6.45, 7) is 5.42. The predicted octanol–water partition coefficient (Wildman–Crippen LogP) is 5.87. The number of aromatic nitrogens is 2. The maximum atomic E-state index is 11.5. The molecule has 0 spiro atoms. The van der Waals surface area contributed by atoms with Gasteiger partial charge in [-0.05, 0) is 68.5 Å². The first-order valence-corrected chi connectivity index (χ1v) is 18.1. The Morgan fingerprint density at radius 2 is 1.44 bits per heavy atom. The number of carbonyl (C=O) groups is 2. The molecule has 8 rings (SSSR count). The first-order valence-electron chi connectivity index (χ1n) is 14.5. The minimum atomic E-state index is -0.188. The van der Waals surface area contributed by atoms with E-state index in [4.69, 9.17) is 9.97 Å². The van der Waals surface area contributed by atoms with Crippen molar-refractivity contribution in [1.82, 2.24) is 9.97 Å². The van der Waals surface area contributed by atoms with Crippen molar-refractivity contribution in [2.45, 2.75) is 45.2 Å². The maximum Gasteiger partial charge on any atom is 0.155 e. The van der Waals surface area contributed by atoms with Crippen LogP contribution in [-0.4, -0.2) is 82.4 Å². The van der Waals surface area contributed by atoms with Crippen molar-refractivity contribution < 1.29 is 9.59 Å². The molecule has 0 amide bonds. The molecule has 0 radical (unpaired) electrons. The number of benzene rings is 2. The molecule has 4 aliphatic heterocycles. The Morgan fingerprint density at radius 1 is 0.791 bits per heavy atom. The van der Waals surface area contributed by atoms with Crippen LogP contribution in [0.3, 0.4) is 0 Å². The molecule has 0 aliphatic carbocycles. The molecule has 2 aromatic carbocycles. The number of ketones is 2. The van der Waals surface area contributed by atoms with Gasteiger partial charge in [0.05, 0.1) is 20.4 Å². The van der Waals surface area contributed by atoms with Gasteiger partial charge in [-0.15, -0.1) is 46.2 Å². The second kappa shape index (κ2) is 11.6. The molecule has 2 atom stereocenters. The number of thiazole rings is 2. The molecule has 4 aromatic rings. The SMILES string of the molecule is CC(=O)[C@H]1CSC(c2nc3cc4c(cc3s2)N(C)CC4)=N1.CC(=O)[C@H]1CSC(c2nc3ccc4c(c3s2)CCCN4C)=N1. The Balaban J connectivity index is 0.000000140. The highest BCUT2D eigenvalue weighted by molar-refractivity contribution is 8.15. The van der Waals surface area contributed by atoms with Gasteiger partial charge in [0.1, 0.15) is 32.2 Å². The fourth-order valence-electron chi connectivity index (χ4n) is 5.80. The van der Waals surface area contributed by atoms with Crippen LogP contribution in [0.4, 0.5) is 11.4 Å². The fourth-order valence-corrected chi connectivity index (χ4v) is 10.3. The fraction of sp³-hybridized carbons (Fsp3) is 0.419. The first kappa shape index (κ1) is 28.9. The largest absolute Gasteiger partial charge is 0.374 e. The second-order valence-corrected chi connectivity index (χ2v) is 15.4. The third-order valence-electron chi connectivity index (χ3n) is 8.29. The molecule has 0 N–H and O–H groups in total. The molecular formula is C31H32N6O2S4. The maximum absolute atomic E-state index is 11.5. The zero-order valence-electron chi connectivity index (χ0n) is 24.5. The lowest BCUT2D eigenvalue weighted by atomic mass is 10.0. The topological polar surface area (TPSA) is 91.1 Å². The van der Waals surface area contributed by atoms with E-state index < -0.39 is 0 Å². The third kappa shape index (κ3) is 5.51. The average Bonchev–Trinajstić information content (AvgIpc) is 3.81. The summed E-state index contributed by atoms with van der Waals surface area (Å²) in [5, 5.41) is 3.76. The number of hydrogen-bond acceptors (Lipinski definition) is 12. The summed E-state index contributed by atoms with van der Waals surface area (Å²) in [6.07, 6.45) is 3.41. The molecular weight excluding hydrogens is 617 g/mol. The van der Waals surface area contributed by atoms with Crippen LogP contribution in [0.5, 0.6) is 0 Å². The van der Waals surface area contributed by atoms with Crippen LogP contribution < -0.4 is 9.80 Å². The summed E-state index contributed by atoms with van der Waals surface area (Å²) < 4.78 is 2.49. The van der Waals surface area contributed by atoms with Gasteiger partial charge in [0, 0.05) is 50.1 Å². The number of carbonyl (C=O) groups excluding carboxylic acids is 2. The smallest absolute Gasteiger partial charge is 0.155 e. The standard InChI is InChI=1S/C16H17N3OS2.C15H15N3OS2/c1-9(20)12-8-21-15(18-12)16-17-11-5-6-13-10(14(11)22-16)4-3-7-19(13)2;1-8(19)11-7-20-14(17-11)15-16-10-5-9-3-4-18(2)12(9)6-13(10)21-15/h5-6,12H,3-4,7-8H2,1-2H3;5-6,11H,3-4,7H2,1-2H3/t12-;11-/m11/s1. The van der Waals surface area contributed by atoms with Crippen LogP contribution in [0.1, 0.15) is 41.4 Å². The van der Waals surface area contributed by atoms with Crippen molar-refractivity contribution >= 4 is 99.7 Å². The number of aryl methyl sites for hydroxylation is 1. The van der Waals surface area contributed by atoms with E-state index in [9.17, 15) is 9.59 Å². The van der Waals surface area contributed by atoms with E-state index in [1.807, 2.05) is 0 Å². The molecule has 8 nitrogen and oxygen atoms in total.